The number of nitrogens with zero attached hydrogens (tertiary/aromatic N) is 1. The first-order chi connectivity index (χ1) is 5.33. The maximum absolute atomic E-state index is 5.14. The van der Waals surface area contributed by atoms with Crippen molar-refractivity contribution in [2.24, 2.45) is 0 Å². The van der Waals surface area contributed by atoms with E-state index in [-0.39, 0.29) is 0 Å². The van der Waals surface area contributed by atoms with E-state index in [0.29, 0.717) is 0 Å². The summed E-state index contributed by atoms with van der Waals surface area (Å²) in [5, 5.41) is 0. The van der Waals surface area contributed by atoms with Crippen LogP contribution >= 0.6 is 0 Å². The Labute approximate surface area is 67.5 Å². The van der Waals surface area contributed by atoms with Gasteiger partial charge in [-0.15, -0.1) is 12.3 Å². The summed E-state index contributed by atoms with van der Waals surface area (Å²) in [7, 11) is 0. The minimum atomic E-state index is 0.774. The lowest BCUT2D eigenvalue weighted by atomic mass is 10.2. The fraction of sp³-hybridized carbons (Fsp3) is 0.300. The van der Waals surface area contributed by atoms with Crippen molar-refractivity contribution < 1.29 is 0 Å². The minimum Gasteiger partial charge on any atom is -0.258 e. The molecule has 0 fully saturated rings. The van der Waals surface area contributed by atoms with Crippen molar-refractivity contribution >= 4 is 0 Å². The SMILES string of the molecule is C#CCCc1cccc(C)n1. The number of aryl methyl sites for hydroxylation is 2. The van der Waals surface area contributed by atoms with Crippen LogP contribution in [0.3, 0.4) is 0 Å². The van der Waals surface area contributed by atoms with Crippen molar-refractivity contribution in [1.82, 2.24) is 4.98 Å². The smallest absolute Gasteiger partial charge is 0.0416 e. The van der Waals surface area contributed by atoms with Crippen LogP contribution in [0.25, 0.3) is 0 Å². The average Bonchev–Trinajstić information content (AvgIpc) is 2.01. The molecule has 0 spiro atoms. The monoisotopic (exact) mass is 145 g/mol. The normalized spacial score (nSPS) is 9.09. The summed E-state index contributed by atoms with van der Waals surface area (Å²) in [5.41, 5.74) is 2.14. The number of terminal acetylenes is 1. The zero-order valence-electron chi connectivity index (χ0n) is 6.67. The molecule has 1 heterocycles. The van der Waals surface area contributed by atoms with Gasteiger partial charge in [0.05, 0.1) is 0 Å². The number of hydrogen-bond donors (Lipinski definition) is 0. The van der Waals surface area contributed by atoms with Gasteiger partial charge in [-0.05, 0) is 19.1 Å². The maximum atomic E-state index is 5.14. The molecule has 0 aliphatic carbocycles. The summed E-state index contributed by atoms with van der Waals surface area (Å²) in [5.74, 6) is 2.60. The van der Waals surface area contributed by atoms with Gasteiger partial charge in [0.2, 0.25) is 0 Å². The zero-order chi connectivity index (χ0) is 8.10. The van der Waals surface area contributed by atoms with Crippen molar-refractivity contribution in [2.45, 2.75) is 19.8 Å². The Balaban J connectivity index is 2.65. The molecule has 0 unspecified atom stereocenters. The van der Waals surface area contributed by atoms with Crippen LogP contribution in [-0.4, -0.2) is 4.98 Å². The van der Waals surface area contributed by atoms with E-state index in [1.165, 1.54) is 0 Å². The Morgan fingerprint density at radius 3 is 3.00 bits per heavy atom. The largest absolute Gasteiger partial charge is 0.258 e. The van der Waals surface area contributed by atoms with Crippen LogP contribution < -0.4 is 0 Å². The Bertz CT molecular complexity index is 270. The molecule has 0 aromatic carbocycles. The van der Waals surface area contributed by atoms with Gasteiger partial charge in [0.25, 0.3) is 0 Å². The Kier molecular flexibility index (Phi) is 2.68. The lowest BCUT2D eigenvalue weighted by Crippen LogP contribution is -1.90. The van der Waals surface area contributed by atoms with Crippen LogP contribution in [0, 0.1) is 19.3 Å². The van der Waals surface area contributed by atoms with Gasteiger partial charge in [0, 0.05) is 24.2 Å². The standard InChI is InChI=1S/C10H11N/c1-3-4-7-10-8-5-6-9(2)11-10/h1,5-6,8H,4,7H2,2H3. The van der Waals surface area contributed by atoms with E-state index in [4.69, 9.17) is 6.42 Å². The molecule has 1 nitrogen and oxygen atoms in total. The maximum Gasteiger partial charge on any atom is 0.0416 e. The van der Waals surface area contributed by atoms with Crippen molar-refractivity contribution in [3.05, 3.63) is 29.6 Å². The van der Waals surface area contributed by atoms with Crippen molar-refractivity contribution in [1.29, 1.82) is 0 Å². The first-order valence-corrected chi connectivity index (χ1v) is 3.69. The molecule has 1 aromatic heterocycles. The third-order valence-corrected chi connectivity index (χ3v) is 1.47. The van der Waals surface area contributed by atoms with E-state index in [1.807, 2.05) is 25.1 Å². The van der Waals surface area contributed by atoms with Crippen LogP contribution in [0.2, 0.25) is 0 Å². The predicted octanol–water partition coefficient (Wildman–Crippen LogP) is 1.96. The van der Waals surface area contributed by atoms with E-state index in [0.717, 1.165) is 24.2 Å². The number of aromatic nitrogens is 1. The topological polar surface area (TPSA) is 12.9 Å². The molecule has 0 radical (unpaired) electrons. The molecule has 0 aliphatic rings. The minimum absolute atomic E-state index is 0.774. The first kappa shape index (κ1) is 7.81. The highest BCUT2D eigenvalue weighted by molar-refractivity contribution is 5.10. The van der Waals surface area contributed by atoms with Gasteiger partial charge in [-0.2, -0.15) is 0 Å². The molecule has 0 aliphatic heterocycles. The van der Waals surface area contributed by atoms with Crippen LogP contribution in [0.4, 0.5) is 0 Å². The predicted molar refractivity (Wildman–Crippen MR) is 46.1 cm³/mol. The number of rotatable bonds is 2. The average molecular weight is 145 g/mol. The number of hydrogen-bond acceptors (Lipinski definition) is 1. The third-order valence-electron chi connectivity index (χ3n) is 1.47. The molecule has 0 N–H and O–H groups in total. The van der Waals surface area contributed by atoms with Crippen LogP contribution in [-0.2, 0) is 6.42 Å². The molecule has 1 rings (SSSR count). The van der Waals surface area contributed by atoms with Gasteiger partial charge < -0.3 is 0 Å². The Morgan fingerprint density at radius 1 is 1.55 bits per heavy atom. The summed E-state index contributed by atoms with van der Waals surface area (Å²) in [4.78, 5) is 4.32. The fourth-order valence-electron chi connectivity index (χ4n) is 0.939. The molecular weight excluding hydrogens is 134 g/mol. The quantitative estimate of drug-likeness (QED) is 0.580. The zero-order valence-corrected chi connectivity index (χ0v) is 6.67. The highest BCUT2D eigenvalue weighted by atomic mass is 14.7. The number of pyridine rings is 1. The second-order valence-electron chi connectivity index (χ2n) is 2.47. The third kappa shape index (κ3) is 2.43. The van der Waals surface area contributed by atoms with Crippen molar-refractivity contribution in [2.75, 3.05) is 0 Å². The highest BCUT2D eigenvalue weighted by Gasteiger charge is 1.91. The molecule has 0 saturated carbocycles. The second kappa shape index (κ2) is 3.78. The Hall–Kier alpha value is -1.29. The van der Waals surface area contributed by atoms with Gasteiger partial charge in [-0.3, -0.25) is 4.98 Å². The van der Waals surface area contributed by atoms with Gasteiger partial charge >= 0.3 is 0 Å². The summed E-state index contributed by atoms with van der Waals surface area (Å²) >= 11 is 0. The highest BCUT2D eigenvalue weighted by Crippen LogP contribution is 2.00. The summed E-state index contributed by atoms with van der Waals surface area (Å²) in [6, 6.07) is 6.00. The molecular formula is C10H11N. The van der Waals surface area contributed by atoms with Gasteiger partial charge in [0.15, 0.2) is 0 Å². The lowest BCUT2D eigenvalue weighted by Gasteiger charge is -1.96. The summed E-state index contributed by atoms with van der Waals surface area (Å²) < 4.78 is 0. The van der Waals surface area contributed by atoms with Gasteiger partial charge in [-0.25, -0.2) is 0 Å². The molecule has 0 bridgehead atoms. The first-order valence-electron chi connectivity index (χ1n) is 3.69. The van der Waals surface area contributed by atoms with E-state index in [1.54, 1.807) is 0 Å². The van der Waals surface area contributed by atoms with E-state index in [2.05, 4.69) is 10.9 Å². The van der Waals surface area contributed by atoms with E-state index in [9.17, 15) is 0 Å². The summed E-state index contributed by atoms with van der Waals surface area (Å²) in [6.07, 6.45) is 6.80. The molecule has 56 valence electrons. The van der Waals surface area contributed by atoms with Crippen molar-refractivity contribution in [3.63, 3.8) is 0 Å². The fourth-order valence-corrected chi connectivity index (χ4v) is 0.939. The molecule has 11 heavy (non-hydrogen) atoms. The van der Waals surface area contributed by atoms with Gasteiger partial charge in [0.1, 0.15) is 0 Å². The lowest BCUT2D eigenvalue weighted by molar-refractivity contribution is 0.946. The molecule has 0 saturated heterocycles. The molecule has 0 atom stereocenters. The van der Waals surface area contributed by atoms with Crippen LogP contribution in [0.1, 0.15) is 17.8 Å². The molecule has 0 amide bonds. The van der Waals surface area contributed by atoms with Crippen molar-refractivity contribution in [3.8, 4) is 12.3 Å². The van der Waals surface area contributed by atoms with E-state index >= 15 is 0 Å². The molecule has 1 aromatic rings. The molecule has 1 heteroatoms. The second-order valence-corrected chi connectivity index (χ2v) is 2.47. The Morgan fingerprint density at radius 2 is 2.36 bits per heavy atom. The van der Waals surface area contributed by atoms with E-state index < -0.39 is 0 Å². The van der Waals surface area contributed by atoms with Crippen LogP contribution in [0.5, 0.6) is 0 Å². The summed E-state index contributed by atoms with van der Waals surface area (Å²) in [6.45, 7) is 1.99. The van der Waals surface area contributed by atoms with Gasteiger partial charge in [-0.1, -0.05) is 6.07 Å². The van der Waals surface area contributed by atoms with Crippen LogP contribution in [0.15, 0.2) is 18.2 Å².